The Hall–Kier alpha value is -3.59. The lowest BCUT2D eigenvalue weighted by molar-refractivity contribution is -0.114. The largest absolute Gasteiger partial charge is 0.383 e. The van der Waals surface area contributed by atoms with Gasteiger partial charge in [-0.15, -0.1) is 0 Å². The number of nitrogen functional groups attached to an aromatic ring is 1. The lowest BCUT2D eigenvalue weighted by atomic mass is 10.0. The highest BCUT2D eigenvalue weighted by Crippen LogP contribution is 2.25. The molecule has 0 bridgehead atoms. The molecule has 0 saturated heterocycles. The summed E-state index contributed by atoms with van der Waals surface area (Å²) in [5.74, 6) is -1.24. The number of benzene rings is 2. The standard InChI is InChI=1S/C20H17ClF2N6O/c1-10(30)29-16-6-11(2-4-15(16)23)8-26-20-17(19(25)27-9-28-20)18(24)12-3-5-14(22)13(21)7-12/h2-7,9,24H,8H2,1H3,(H,29,30)(H3,25,26,27,28). The number of amides is 1. The van der Waals surface area contributed by atoms with E-state index in [9.17, 15) is 13.6 Å². The van der Waals surface area contributed by atoms with Crippen LogP contribution in [-0.2, 0) is 11.3 Å². The second-order valence-corrected chi connectivity index (χ2v) is 6.74. The van der Waals surface area contributed by atoms with Gasteiger partial charge >= 0.3 is 0 Å². The molecule has 1 heterocycles. The maximum absolute atomic E-state index is 13.8. The summed E-state index contributed by atoms with van der Waals surface area (Å²) in [6, 6.07) is 8.14. The van der Waals surface area contributed by atoms with Gasteiger partial charge in [0.15, 0.2) is 0 Å². The van der Waals surface area contributed by atoms with Gasteiger partial charge in [-0.1, -0.05) is 17.7 Å². The minimum atomic E-state index is -0.602. The smallest absolute Gasteiger partial charge is 0.221 e. The molecule has 2 aromatic carbocycles. The molecule has 0 radical (unpaired) electrons. The van der Waals surface area contributed by atoms with E-state index in [2.05, 4.69) is 20.6 Å². The predicted molar refractivity (Wildman–Crippen MR) is 112 cm³/mol. The van der Waals surface area contributed by atoms with Gasteiger partial charge < -0.3 is 16.4 Å². The first kappa shape index (κ1) is 21.1. The molecule has 7 nitrogen and oxygen atoms in total. The van der Waals surface area contributed by atoms with E-state index in [4.69, 9.17) is 22.7 Å². The van der Waals surface area contributed by atoms with E-state index in [1.165, 1.54) is 37.5 Å². The SMILES string of the molecule is CC(=O)Nc1cc(CNc2ncnc(N)c2C(=N)c2ccc(F)c(Cl)c2)ccc1F. The average Bonchev–Trinajstić information content (AvgIpc) is 2.70. The summed E-state index contributed by atoms with van der Waals surface area (Å²) in [6.07, 6.45) is 1.24. The van der Waals surface area contributed by atoms with Crippen LogP contribution < -0.4 is 16.4 Å². The summed E-state index contributed by atoms with van der Waals surface area (Å²) in [4.78, 5) is 19.3. The fourth-order valence-corrected chi connectivity index (χ4v) is 2.91. The highest BCUT2D eigenvalue weighted by atomic mass is 35.5. The predicted octanol–water partition coefficient (Wildman–Crippen LogP) is 3.98. The van der Waals surface area contributed by atoms with Crippen LogP contribution in [-0.4, -0.2) is 21.6 Å². The number of rotatable bonds is 6. The molecule has 0 spiro atoms. The topological polar surface area (TPSA) is 117 Å². The first-order valence-corrected chi connectivity index (χ1v) is 9.08. The Kier molecular flexibility index (Phi) is 6.22. The first-order chi connectivity index (χ1) is 14.3. The van der Waals surface area contributed by atoms with Gasteiger partial charge in [-0.3, -0.25) is 10.2 Å². The minimum Gasteiger partial charge on any atom is -0.383 e. The van der Waals surface area contributed by atoms with Gasteiger partial charge in [-0.05, 0) is 35.9 Å². The molecule has 1 amide bonds. The number of carbonyl (C=O) groups excluding carboxylic acids is 1. The lowest BCUT2D eigenvalue weighted by Gasteiger charge is -2.14. The van der Waals surface area contributed by atoms with Crippen LogP contribution in [0.4, 0.5) is 26.1 Å². The third kappa shape index (κ3) is 4.69. The summed E-state index contributed by atoms with van der Waals surface area (Å²) in [5.41, 5.74) is 7.17. The van der Waals surface area contributed by atoms with Crippen LogP contribution in [0.1, 0.15) is 23.6 Å². The lowest BCUT2D eigenvalue weighted by Crippen LogP contribution is -2.14. The highest BCUT2D eigenvalue weighted by Gasteiger charge is 2.17. The van der Waals surface area contributed by atoms with Gasteiger partial charge in [0.2, 0.25) is 5.91 Å². The van der Waals surface area contributed by atoms with E-state index < -0.39 is 17.5 Å². The van der Waals surface area contributed by atoms with Gasteiger partial charge in [0.1, 0.15) is 29.6 Å². The summed E-state index contributed by atoms with van der Waals surface area (Å²) < 4.78 is 27.3. The normalized spacial score (nSPS) is 10.5. The zero-order chi connectivity index (χ0) is 21.8. The molecular formula is C20H17ClF2N6O. The molecule has 0 aliphatic heterocycles. The number of anilines is 3. The van der Waals surface area contributed by atoms with Gasteiger partial charge in [-0.2, -0.15) is 0 Å². The van der Waals surface area contributed by atoms with E-state index in [0.29, 0.717) is 11.1 Å². The van der Waals surface area contributed by atoms with E-state index in [1.807, 2.05) is 0 Å². The van der Waals surface area contributed by atoms with Crippen LogP contribution in [0.25, 0.3) is 0 Å². The zero-order valence-corrected chi connectivity index (χ0v) is 16.5. The van der Waals surface area contributed by atoms with Crippen LogP contribution in [0.3, 0.4) is 0 Å². The molecule has 0 unspecified atom stereocenters. The van der Waals surface area contributed by atoms with Crippen molar-refractivity contribution in [1.29, 1.82) is 5.41 Å². The van der Waals surface area contributed by atoms with E-state index in [1.54, 1.807) is 6.07 Å². The molecule has 5 N–H and O–H groups in total. The number of aromatic nitrogens is 2. The van der Waals surface area contributed by atoms with Crippen molar-refractivity contribution in [2.75, 3.05) is 16.4 Å². The second-order valence-electron chi connectivity index (χ2n) is 6.34. The molecule has 10 heteroatoms. The fraction of sp³-hybridized carbons (Fsp3) is 0.100. The molecule has 0 aliphatic carbocycles. The molecule has 0 atom stereocenters. The molecule has 30 heavy (non-hydrogen) atoms. The molecule has 3 aromatic rings. The Morgan fingerprint density at radius 2 is 1.90 bits per heavy atom. The fourth-order valence-electron chi connectivity index (χ4n) is 2.73. The van der Waals surface area contributed by atoms with Crippen LogP contribution in [0, 0.1) is 17.0 Å². The summed E-state index contributed by atoms with van der Waals surface area (Å²) >= 11 is 5.82. The quantitative estimate of drug-likeness (QED) is 0.441. The number of nitrogens with two attached hydrogens (primary N) is 1. The Morgan fingerprint density at radius 3 is 2.60 bits per heavy atom. The number of hydrogen-bond acceptors (Lipinski definition) is 6. The van der Waals surface area contributed by atoms with E-state index in [0.717, 1.165) is 6.07 Å². The Bertz CT molecular complexity index is 1140. The van der Waals surface area contributed by atoms with Gasteiger partial charge in [-0.25, -0.2) is 18.7 Å². The van der Waals surface area contributed by atoms with E-state index >= 15 is 0 Å². The van der Waals surface area contributed by atoms with Crippen LogP contribution in [0.15, 0.2) is 42.7 Å². The van der Waals surface area contributed by atoms with Crippen molar-refractivity contribution in [3.05, 3.63) is 76.1 Å². The average molecular weight is 431 g/mol. The number of halogens is 3. The van der Waals surface area contributed by atoms with Crippen LogP contribution >= 0.6 is 11.6 Å². The Labute approximate surface area is 175 Å². The van der Waals surface area contributed by atoms with Crippen molar-refractivity contribution in [2.45, 2.75) is 13.5 Å². The molecule has 0 aliphatic rings. The summed E-state index contributed by atoms with van der Waals surface area (Å²) in [7, 11) is 0. The number of nitrogens with zero attached hydrogens (tertiary/aromatic N) is 2. The number of nitrogens with one attached hydrogen (secondary N) is 3. The third-order valence-electron chi connectivity index (χ3n) is 4.14. The second kappa shape index (κ2) is 8.83. The third-order valence-corrected chi connectivity index (χ3v) is 4.43. The molecule has 3 rings (SSSR count). The van der Waals surface area contributed by atoms with Crippen molar-refractivity contribution in [2.24, 2.45) is 0 Å². The zero-order valence-electron chi connectivity index (χ0n) is 15.8. The maximum atomic E-state index is 13.8. The molecule has 1 aromatic heterocycles. The van der Waals surface area contributed by atoms with Gasteiger partial charge in [0, 0.05) is 19.0 Å². The monoisotopic (exact) mass is 430 g/mol. The molecule has 0 saturated carbocycles. The Morgan fingerprint density at radius 1 is 1.17 bits per heavy atom. The highest BCUT2D eigenvalue weighted by molar-refractivity contribution is 6.31. The van der Waals surface area contributed by atoms with Gasteiger partial charge in [0.05, 0.1) is 22.0 Å². The maximum Gasteiger partial charge on any atom is 0.221 e. The van der Waals surface area contributed by atoms with Crippen molar-refractivity contribution in [3.8, 4) is 0 Å². The van der Waals surface area contributed by atoms with Crippen molar-refractivity contribution < 1.29 is 13.6 Å². The molecule has 0 fully saturated rings. The number of carbonyl (C=O) groups is 1. The van der Waals surface area contributed by atoms with Crippen LogP contribution in [0.5, 0.6) is 0 Å². The van der Waals surface area contributed by atoms with Crippen LogP contribution in [0.2, 0.25) is 5.02 Å². The minimum absolute atomic E-state index is 0.0458. The van der Waals surface area contributed by atoms with Crippen molar-refractivity contribution in [3.63, 3.8) is 0 Å². The van der Waals surface area contributed by atoms with Crippen molar-refractivity contribution in [1.82, 2.24) is 9.97 Å². The molecular weight excluding hydrogens is 414 g/mol. The molecule has 154 valence electrons. The summed E-state index contributed by atoms with van der Waals surface area (Å²) in [6.45, 7) is 1.49. The first-order valence-electron chi connectivity index (χ1n) is 8.71. The van der Waals surface area contributed by atoms with Gasteiger partial charge in [0.25, 0.3) is 0 Å². The van der Waals surface area contributed by atoms with E-state index in [-0.39, 0.29) is 40.2 Å². The number of hydrogen-bond donors (Lipinski definition) is 4. The summed E-state index contributed by atoms with van der Waals surface area (Å²) in [5, 5.41) is 13.8. The Balaban J connectivity index is 1.88. The van der Waals surface area contributed by atoms with Crippen molar-refractivity contribution >= 4 is 40.5 Å².